The third-order valence-corrected chi connectivity index (χ3v) is 5.41. The van der Waals surface area contributed by atoms with Crippen molar-refractivity contribution in [2.75, 3.05) is 55.9 Å². The first-order chi connectivity index (χ1) is 15.7. The standard InChI is InChI=1S/C25H34N4O4/c1-25(2,3)17-23(30)29-12-10-28(11-13-29)20-8-6-18(7-9-20)26-24(31)27-19-14-21(32-4)16-22(15-19)33-5/h6-9,14-16H,10-13,17H2,1-5H3,(H2,26,27,31). The molecule has 0 bridgehead atoms. The molecular weight excluding hydrogens is 420 g/mol. The molecule has 2 aromatic carbocycles. The topological polar surface area (TPSA) is 83.1 Å². The van der Waals surface area contributed by atoms with E-state index in [1.165, 1.54) is 0 Å². The molecule has 0 unspecified atom stereocenters. The van der Waals surface area contributed by atoms with Gasteiger partial charge in [-0.05, 0) is 29.7 Å². The van der Waals surface area contributed by atoms with E-state index >= 15 is 0 Å². The second-order valence-electron chi connectivity index (χ2n) is 9.33. The Morgan fingerprint density at radius 2 is 1.39 bits per heavy atom. The molecule has 8 nitrogen and oxygen atoms in total. The molecule has 0 saturated carbocycles. The quantitative estimate of drug-likeness (QED) is 0.675. The number of anilines is 3. The van der Waals surface area contributed by atoms with Crippen molar-refractivity contribution in [2.45, 2.75) is 27.2 Å². The Kier molecular flexibility index (Phi) is 7.68. The maximum atomic E-state index is 12.5. The van der Waals surface area contributed by atoms with E-state index in [1.807, 2.05) is 29.2 Å². The summed E-state index contributed by atoms with van der Waals surface area (Å²) < 4.78 is 10.5. The van der Waals surface area contributed by atoms with Crippen molar-refractivity contribution in [1.29, 1.82) is 0 Å². The Balaban J connectivity index is 1.52. The smallest absolute Gasteiger partial charge is 0.323 e. The number of carbonyl (C=O) groups excluding carboxylic acids is 2. The summed E-state index contributed by atoms with van der Waals surface area (Å²) >= 11 is 0. The Hall–Kier alpha value is -3.42. The third-order valence-electron chi connectivity index (χ3n) is 5.41. The van der Waals surface area contributed by atoms with E-state index in [0.29, 0.717) is 29.3 Å². The van der Waals surface area contributed by atoms with Crippen LogP contribution in [0.25, 0.3) is 0 Å². The maximum Gasteiger partial charge on any atom is 0.323 e. The number of amides is 3. The normalized spacial score (nSPS) is 14.0. The number of hydrogen-bond acceptors (Lipinski definition) is 5. The number of nitrogens with one attached hydrogen (secondary N) is 2. The van der Waals surface area contributed by atoms with E-state index in [-0.39, 0.29) is 17.4 Å². The van der Waals surface area contributed by atoms with Gasteiger partial charge in [0.2, 0.25) is 5.91 Å². The second kappa shape index (κ2) is 10.5. The van der Waals surface area contributed by atoms with Crippen LogP contribution in [0.4, 0.5) is 21.9 Å². The molecule has 3 rings (SSSR count). The van der Waals surface area contributed by atoms with Crippen molar-refractivity contribution >= 4 is 29.0 Å². The molecule has 178 valence electrons. The van der Waals surface area contributed by atoms with E-state index in [9.17, 15) is 9.59 Å². The lowest BCUT2D eigenvalue weighted by molar-refractivity contribution is -0.133. The van der Waals surface area contributed by atoms with Gasteiger partial charge in [-0.2, -0.15) is 0 Å². The first kappa shape index (κ1) is 24.2. The second-order valence-corrected chi connectivity index (χ2v) is 9.33. The highest BCUT2D eigenvalue weighted by molar-refractivity contribution is 6.00. The van der Waals surface area contributed by atoms with Gasteiger partial charge in [0.15, 0.2) is 0 Å². The average Bonchev–Trinajstić information content (AvgIpc) is 2.78. The van der Waals surface area contributed by atoms with Crippen LogP contribution in [0.5, 0.6) is 11.5 Å². The minimum Gasteiger partial charge on any atom is -0.497 e. The largest absolute Gasteiger partial charge is 0.497 e. The van der Waals surface area contributed by atoms with Gasteiger partial charge in [-0.3, -0.25) is 4.79 Å². The lowest BCUT2D eigenvalue weighted by Gasteiger charge is -2.37. The molecule has 0 aromatic heterocycles. The zero-order valence-electron chi connectivity index (χ0n) is 20.1. The SMILES string of the molecule is COc1cc(NC(=O)Nc2ccc(N3CCN(C(=O)CC(C)(C)C)CC3)cc2)cc(OC)c1. The van der Waals surface area contributed by atoms with Crippen molar-refractivity contribution in [1.82, 2.24) is 4.90 Å². The number of methoxy groups -OCH3 is 2. The van der Waals surface area contributed by atoms with Crippen molar-refractivity contribution in [3.8, 4) is 11.5 Å². The number of hydrogen-bond donors (Lipinski definition) is 2. The van der Waals surface area contributed by atoms with Crippen molar-refractivity contribution in [2.24, 2.45) is 5.41 Å². The van der Waals surface area contributed by atoms with Gasteiger partial charge in [-0.25, -0.2) is 4.79 Å². The molecule has 1 aliphatic heterocycles. The van der Waals surface area contributed by atoms with Crippen LogP contribution in [-0.4, -0.2) is 57.2 Å². The van der Waals surface area contributed by atoms with Crippen molar-refractivity contribution in [3.05, 3.63) is 42.5 Å². The summed E-state index contributed by atoms with van der Waals surface area (Å²) in [5, 5.41) is 5.63. The summed E-state index contributed by atoms with van der Waals surface area (Å²) in [6, 6.07) is 12.5. The fourth-order valence-corrected chi connectivity index (χ4v) is 3.71. The molecule has 1 heterocycles. The van der Waals surface area contributed by atoms with Crippen LogP contribution >= 0.6 is 0 Å². The summed E-state index contributed by atoms with van der Waals surface area (Å²) in [4.78, 5) is 29.1. The number of carbonyl (C=O) groups is 2. The highest BCUT2D eigenvalue weighted by atomic mass is 16.5. The summed E-state index contributed by atoms with van der Waals surface area (Å²) in [7, 11) is 3.12. The van der Waals surface area contributed by atoms with Gasteiger partial charge >= 0.3 is 6.03 Å². The molecule has 1 aliphatic rings. The molecule has 0 aliphatic carbocycles. The van der Waals surface area contributed by atoms with E-state index in [2.05, 4.69) is 36.3 Å². The Labute approximate surface area is 195 Å². The van der Waals surface area contributed by atoms with Crippen LogP contribution in [0.3, 0.4) is 0 Å². The van der Waals surface area contributed by atoms with Crippen molar-refractivity contribution in [3.63, 3.8) is 0 Å². The number of benzene rings is 2. The fourth-order valence-electron chi connectivity index (χ4n) is 3.71. The van der Waals surface area contributed by atoms with Gasteiger partial charge in [0, 0.05) is 67.9 Å². The molecule has 1 saturated heterocycles. The zero-order chi connectivity index (χ0) is 24.0. The van der Waals surface area contributed by atoms with Gasteiger partial charge in [-0.15, -0.1) is 0 Å². The van der Waals surface area contributed by atoms with E-state index < -0.39 is 0 Å². The highest BCUT2D eigenvalue weighted by Crippen LogP contribution is 2.26. The van der Waals surface area contributed by atoms with Crippen LogP contribution in [0.2, 0.25) is 0 Å². The molecule has 2 N–H and O–H groups in total. The molecule has 8 heteroatoms. The van der Waals surface area contributed by atoms with Crippen molar-refractivity contribution < 1.29 is 19.1 Å². The molecule has 0 atom stereocenters. The summed E-state index contributed by atoms with van der Waals surface area (Å²) in [6.45, 7) is 9.30. The monoisotopic (exact) mass is 454 g/mol. The molecular formula is C25H34N4O4. The fraction of sp³-hybridized carbons (Fsp3) is 0.440. The summed E-state index contributed by atoms with van der Waals surface area (Å²) in [6.07, 6.45) is 0.567. The number of rotatable bonds is 6. The maximum absolute atomic E-state index is 12.5. The average molecular weight is 455 g/mol. The first-order valence-electron chi connectivity index (χ1n) is 11.1. The van der Waals surface area contributed by atoms with Gasteiger partial charge in [0.25, 0.3) is 0 Å². The molecule has 0 radical (unpaired) electrons. The molecule has 1 fully saturated rings. The van der Waals surface area contributed by atoms with Crippen LogP contribution < -0.4 is 25.0 Å². The lowest BCUT2D eigenvalue weighted by Crippen LogP contribution is -2.49. The van der Waals surface area contributed by atoms with Crippen LogP contribution in [0, 0.1) is 5.41 Å². The number of urea groups is 1. The minimum atomic E-state index is -0.357. The number of piperazine rings is 1. The first-order valence-corrected chi connectivity index (χ1v) is 11.1. The summed E-state index contributed by atoms with van der Waals surface area (Å²) in [5.41, 5.74) is 2.33. The summed E-state index contributed by atoms with van der Waals surface area (Å²) in [5.74, 6) is 1.41. The number of ether oxygens (including phenoxy) is 2. The third kappa shape index (κ3) is 7.03. The predicted molar refractivity (Wildman–Crippen MR) is 131 cm³/mol. The van der Waals surface area contributed by atoms with E-state index in [0.717, 1.165) is 31.9 Å². The van der Waals surface area contributed by atoms with Gasteiger partial charge < -0.3 is 29.9 Å². The Morgan fingerprint density at radius 3 is 1.91 bits per heavy atom. The van der Waals surface area contributed by atoms with Crippen LogP contribution in [0.1, 0.15) is 27.2 Å². The Morgan fingerprint density at radius 1 is 0.848 bits per heavy atom. The molecule has 2 aromatic rings. The van der Waals surface area contributed by atoms with Gasteiger partial charge in [-0.1, -0.05) is 20.8 Å². The molecule has 0 spiro atoms. The minimum absolute atomic E-state index is 0.00197. The Bertz CT molecular complexity index is 939. The predicted octanol–water partition coefficient (Wildman–Crippen LogP) is 4.43. The van der Waals surface area contributed by atoms with Crippen LogP contribution in [0.15, 0.2) is 42.5 Å². The molecule has 3 amide bonds. The molecule has 33 heavy (non-hydrogen) atoms. The van der Waals surface area contributed by atoms with E-state index in [4.69, 9.17) is 9.47 Å². The number of nitrogens with zero attached hydrogens (tertiary/aromatic N) is 2. The zero-order valence-corrected chi connectivity index (χ0v) is 20.1. The highest BCUT2D eigenvalue weighted by Gasteiger charge is 2.25. The lowest BCUT2D eigenvalue weighted by atomic mass is 9.91. The van der Waals surface area contributed by atoms with E-state index in [1.54, 1.807) is 32.4 Å². The van der Waals surface area contributed by atoms with Gasteiger partial charge in [0.1, 0.15) is 11.5 Å². The van der Waals surface area contributed by atoms with Crippen LogP contribution in [-0.2, 0) is 4.79 Å². The van der Waals surface area contributed by atoms with Gasteiger partial charge in [0.05, 0.1) is 14.2 Å².